The number of amides is 2. The van der Waals surface area contributed by atoms with Crippen molar-refractivity contribution in [2.75, 3.05) is 0 Å². The molecule has 3 N–H and O–H groups in total. The lowest BCUT2D eigenvalue weighted by Gasteiger charge is -2.33. The molecule has 7 heteroatoms. The number of aliphatic hydroxyl groups is 1. The van der Waals surface area contributed by atoms with Gasteiger partial charge in [0.25, 0.3) is 11.8 Å². The Bertz CT molecular complexity index is 909. The van der Waals surface area contributed by atoms with Gasteiger partial charge in [-0.05, 0) is 31.0 Å². The first kappa shape index (κ1) is 20.5. The molecule has 0 bridgehead atoms. The molecule has 0 saturated carbocycles. The smallest absolute Gasteiger partial charge is 0.290 e. The van der Waals surface area contributed by atoms with Gasteiger partial charge in [-0.2, -0.15) is 0 Å². The van der Waals surface area contributed by atoms with E-state index in [4.69, 9.17) is 0 Å². The summed E-state index contributed by atoms with van der Waals surface area (Å²) < 4.78 is 0. The van der Waals surface area contributed by atoms with Crippen LogP contribution < -0.4 is 5.48 Å². The fraction of sp³-hybridized carbons (Fsp3) is 0.318. The van der Waals surface area contributed by atoms with Crippen LogP contribution in [0.5, 0.6) is 0 Å². The van der Waals surface area contributed by atoms with Crippen molar-refractivity contribution in [1.82, 2.24) is 15.4 Å². The van der Waals surface area contributed by atoms with Gasteiger partial charge in [-0.1, -0.05) is 50.1 Å². The van der Waals surface area contributed by atoms with Gasteiger partial charge >= 0.3 is 0 Å². The number of pyridine rings is 1. The van der Waals surface area contributed by atoms with Gasteiger partial charge in [0.1, 0.15) is 6.04 Å². The van der Waals surface area contributed by atoms with Crippen molar-refractivity contribution < 1.29 is 19.9 Å². The molecule has 2 unspecified atom stereocenters. The molecule has 0 fully saturated rings. The first-order valence-corrected chi connectivity index (χ1v) is 9.67. The van der Waals surface area contributed by atoms with Gasteiger partial charge < -0.3 is 10.0 Å². The lowest BCUT2D eigenvalue weighted by Crippen LogP contribution is -2.48. The average Bonchev–Trinajstić information content (AvgIpc) is 2.98. The Hall–Kier alpha value is -3.19. The number of rotatable bonds is 7. The zero-order chi connectivity index (χ0) is 21.0. The van der Waals surface area contributed by atoms with E-state index in [1.807, 2.05) is 49.4 Å². The monoisotopic (exact) mass is 395 g/mol. The Kier molecular flexibility index (Phi) is 6.29. The highest BCUT2D eigenvalue weighted by Gasteiger charge is 2.44. The molecule has 2 amide bonds. The fourth-order valence-electron chi connectivity index (χ4n) is 3.72. The summed E-state index contributed by atoms with van der Waals surface area (Å²) in [4.78, 5) is 30.8. The topological polar surface area (TPSA) is 103 Å². The van der Waals surface area contributed by atoms with Crippen molar-refractivity contribution in [2.45, 2.75) is 45.2 Å². The molecule has 2 heterocycles. The molecule has 1 aromatic heterocycles. The predicted molar refractivity (Wildman–Crippen MR) is 108 cm³/mol. The van der Waals surface area contributed by atoms with E-state index in [9.17, 15) is 19.9 Å². The Labute approximate surface area is 169 Å². The van der Waals surface area contributed by atoms with Crippen LogP contribution in [-0.2, 0) is 9.59 Å². The summed E-state index contributed by atoms with van der Waals surface area (Å²) in [6.45, 7) is 3.66. The molecule has 152 valence electrons. The van der Waals surface area contributed by atoms with Gasteiger partial charge in [0, 0.05) is 17.3 Å². The Morgan fingerprint density at radius 1 is 1.24 bits per heavy atom. The number of unbranched alkanes of at least 4 members (excludes halogenated alkanes) is 1. The van der Waals surface area contributed by atoms with Crippen LogP contribution in [-0.4, -0.2) is 38.1 Å². The lowest BCUT2D eigenvalue weighted by atomic mass is 9.96. The molecule has 0 spiro atoms. The highest BCUT2D eigenvalue weighted by atomic mass is 16.5. The highest BCUT2D eigenvalue weighted by molar-refractivity contribution is 5.98. The summed E-state index contributed by atoms with van der Waals surface area (Å²) in [7, 11) is 0. The molecular weight excluding hydrogens is 370 g/mol. The van der Waals surface area contributed by atoms with Gasteiger partial charge in [-0.15, -0.1) is 0 Å². The van der Waals surface area contributed by atoms with E-state index in [0.717, 1.165) is 23.2 Å². The number of aromatic nitrogens is 1. The first-order valence-electron chi connectivity index (χ1n) is 9.67. The fourth-order valence-corrected chi connectivity index (χ4v) is 3.72. The van der Waals surface area contributed by atoms with Crippen LogP contribution in [0.15, 0.2) is 60.0 Å². The largest absolute Gasteiger partial charge is 0.503 e. The van der Waals surface area contributed by atoms with E-state index in [1.165, 1.54) is 4.90 Å². The van der Waals surface area contributed by atoms with Gasteiger partial charge in [0.2, 0.25) is 0 Å². The maximum atomic E-state index is 12.8. The van der Waals surface area contributed by atoms with E-state index in [1.54, 1.807) is 18.6 Å². The Balaban J connectivity index is 1.97. The second-order valence-electron chi connectivity index (χ2n) is 7.12. The van der Waals surface area contributed by atoms with E-state index in [0.29, 0.717) is 18.4 Å². The molecular formula is C22H25N3O4. The van der Waals surface area contributed by atoms with Crippen LogP contribution >= 0.6 is 0 Å². The minimum Gasteiger partial charge on any atom is -0.503 e. The average molecular weight is 395 g/mol. The summed E-state index contributed by atoms with van der Waals surface area (Å²) >= 11 is 0. The molecule has 2 aromatic rings. The quantitative estimate of drug-likeness (QED) is 0.492. The number of benzene rings is 1. The number of carbonyl (C=O) groups excluding carboxylic acids is 2. The zero-order valence-corrected chi connectivity index (χ0v) is 16.5. The van der Waals surface area contributed by atoms with E-state index in [2.05, 4.69) is 4.98 Å². The van der Waals surface area contributed by atoms with Gasteiger partial charge in [0.05, 0.1) is 11.7 Å². The molecule has 0 saturated heterocycles. The van der Waals surface area contributed by atoms with Crippen molar-refractivity contribution >= 4 is 11.8 Å². The third kappa shape index (κ3) is 4.00. The highest BCUT2D eigenvalue weighted by Crippen LogP contribution is 2.39. The maximum absolute atomic E-state index is 12.8. The molecule has 1 aliphatic rings. The van der Waals surface area contributed by atoms with Crippen LogP contribution in [0.3, 0.4) is 0 Å². The van der Waals surface area contributed by atoms with E-state index < -0.39 is 23.9 Å². The van der Waals surface area contributed by atoms with Crippen molar-refractivity contribution in [1.29, 1.82) is 0 Å². The summed E-state index contributed by atoms with van der Waals surface area (Å²) in [5.74, 6) is -1.62. The third-order valence-electron chi connectivity index (χ3n) is 5.27. The molecule has 2 atom stereocenters. The second-order valence-corrected chi connectivity index (χ2v) is 7.12. The maximum Gasteiger partial charge on any atom is 0.290 e. The van der Waals surface area contributed by atoms with E-state index in [-0.39, 0.29) is 5.76 Å². The van der Waals surface area contributed by atoms with Crippen molar-refractivity contribution in [3.8, 4) is 11.3 Å². The van der Waals surface area contributed by atoms with Crippen molar-refractivity contribution in [3.63, 3.8) is 0 Å². The Morgan fingerprint density at radius 3 is 2.55 bits per heavy atom. The summed E-state index contributed by atoms with van der Waals surface area (Å²) in [5, 5.41) is 19.5. The number of hydrogen-bond donors (Lipinski definition) is 3. The van der Waals surface area contributed by atoms with Crippen molar-refractivity contribution in [2.24, 2.45) is 0 Å². The second kappa shape index (κ2) is 8.87. The van der Waals surface area contributed by atoms with Crippen LogP contribution in [0.1, 0.15) is 44.7 Å². The van der Waals surface area contributed by atoms with Crippen LogP contribution in [0.25, 0.3) is 11.3 Å². The Morgan fingerprint density at radius 2 is 1.97 bits per heavy atom. The molecule has 1 aromatic carbocycles. The van der Waals surface area contributed by atoms with Gasteiger partial charge in [-0.3, -0.25) is 19.8 Å². The number of aliphatic hydroxyl groups excluding tert-OH is 1. The molecule has 0 radical (unpaired) electrons. The molecule has 29 heavy (non-hydrogen) atoms. The minimum absolute atomic E-state index is 0.351. The first-order chi connectivity index (χ1) is 14.0. The lowest BCUT2D eigenvalue weighted by molar-refractivity contribution is -0.144. The molecule has 1 aliphatic heterocycles. The molecule has 3 rings (SSSR count). The predicted octanol–water partition coefficient (Wildman–Crippen LogP) is 3.53. The number of carbonyl (C=O) groups is 2. The van der Waals surface area contributed by atoms with Gasteiger partial charge in [0.15, 0.2) is 5.76 Å². The number of nitrogens with one attached hydrogen (secondary N) is 1. The van der Waals surface area contributed by atoms with Crippen LogP contribution in [0.2, 0.25) is 0 Å². The SMILES string of the molecule is CCCCC(C(=O)NO)N1C(=O)C(O)=C(C)C1c1ccc(-c2ccccn2)cc1. The van der Waals surface area contributed by atoms with Crippen LogP contribution in [0.4, 0.5) is 0 Å². The third-order valence-corrected chi connectivity index (χ3v) is 5.27. The minimum atomic E-state index is -0.882. The number of hydroxylamine groups is 1. The van der Waals surface area contributed by atoms with Crippen molar-refractivity contribution in [3.05, 3.63) is 65.6 Å². The summed E-state index contributed by atoms with van der Waals surface area (Å²) in [6, 6.07) is 11.7. The molecule has 7 nitrogen and oxygen atoms in total. The number of hydrogen-bond acceptors (Lipinski definition) is 5. The number of nitrogens with zero attached hydrogens (tertiary/aromatic N) is 2. The van der Waals surface area contributed by atoms with E-state index >= 15 is 0 Å². The summed E-state index contributed by atoms with van der Waals surface area (Å²) in [5.41, 5.74) is 4.66. The summed E-state index contributed by atoms with van der Waals surface area (Å²) in [6.07, 6.45) is 3.64. The van der Waals surface area contributed by atoms with Gasteiger partial charge in [-0.25, -0.2) is 5.48 Å². The van der Waals surface area contributed by atoms with Crippen LogP contribution in [0, 0.1) is 0 Å². The molecule has 0 aliphatic carbocycles. The normalized spacial score (nSPS) is 17.6. The zero-order valence-electron chi connectivity index (χ0n) is 16.5. The standard InChI is InChI=1S/C22H25N3O4/c1-3-4-8-18(21(27)24-29)25-19(14(2)20(26)22(25)28)16-11-9-15(10-12-16)17-7-5-6-13-23-17/h5-7,9-13,18-19,26,29H,3-4,8H2,1-2H3,(H,24,27).